The Morgan fingerprint density at radius 2 is 2.15 bits per heavy atom. The smallest absolute Gasteiger partial charge is 0.344 e. The summed E-state index contributed by atoms with van der Waals surface area (Å²) >= 11 is 2.10. The van der Waals surface area contributed by atoms with Gasteiger partial charge in [-0.15, -0.1) is 0 Å². The summed E-state index contributed by atoms with van der Waals surface area (Å²) in [7, 11) is 0. The van der Waals surface area contributed by atoms with Crippen molar-refractivity contribution in [2.45, 2.75) is 13.0 Å². The monoisotopic (exact) mass is 292 g/mol. The molecule has 0 heterocycles. The number of ether oxygens (including phenoxy) is 1. The van der Waals surface area contributed by atoms with Crippen molar-refractivity contribution in [3.63, 3.8) is 0 Å². The van der Waals surface area contributed by atoms with Gasteiger partial charge >= 0.3 is 5.97 Å². The molecular weight excluding hydrogens is 283 g/mol. The molecule has 1 rings (SSSR count). The molecule has 1 aromatic carbocycles. The van der Waals surface area contributed by atoms with E-state index in [9.17, 15) is 4.79 Å². The van der Waals surface area contributed by atoms with Crippen molar-refractivity contribution in [1.82, 2.24) is 0 Å². The van der Waals surface area contributed by atoms with E-state index in [1.54, 1.807) is 6.07 Å². The lowest BCUT2D eigenvalue weighted by molar-refractivity contribution is -0.144. The van der Waals surface area contributed by atoms with Gasteiger partial charge in [0.05, 0.1) is 3.57 Å². The van der Waals surface area contributed by atoms with Gasteiger partial charge in [-0.25, -0.2) is 4.79 Å². The highest BCUT2D eigenvalue weighted by Crippen LogP contribution is 2.20. The Morgan fingerprint density at radius 1 is 1.54 bits per heavy atom. The summed E-state index contributed by atoms with van der Waals surface area (Å²) in [5, 5.41) is 8.61. The van der Waals surface area contributed by atoms with E-state index in [4.69, 9.17) is 9.84 Å². The van der Waals surface area contributed by atoms with Crippen LogP contribution in [0, 0.1) is 3.57 Å². The van der Waals surface area contributed by atoms with Gasteiger partial charge in [0.15, 0.2) is 6.10 Å². The second kappa shape index (κ2) is 4.45. The van der Waals surface area contributed by atoms with E-state index >= 15 is 0 Å². The summed E-state index contributed by atoms with van der Waals surface area (Å²) in [6.07, 6.45) is -0.809. The van der Waals surface area contributed by atoms with Crippen molar-refractivity contribution in [3.05, 3.63) is 27.8 Å². The minimum Gasteiger partial charge on any atom is -0.479 e. The number of aliphatic carboxylic acids is 1. The number of halogens is 1. The molecule has 0 amide bonds. The van der Waals surface area contributed by atoms with Crippen LogP contribution in [-0.4, -0.2) is 17.2 Å². The molecule has 1 aromatic rings. The van der Waals surface area contributed by atoms with Crippen molar-refractivity contribution in [2.24, 2.45) is 0 Å². The number of hydrogen-bond donors (Lipinski definition) is 1. The number of benzene rings is 1. The maximum atomic E-state index is 10.5. The highest BCUT2D eigenvalue weighted by atomic mass is 127. The summed E-state index contributed by atoms with van der Waals surface area (Å²) in [4.78, 5) is 10.5. The summed E-state index contributed by atoms with van der Waals surface area (Å²) in [6.45, 7) is 1.51. The predicted molar refractivity (Wildman–Crippen MR) is 56.9 cm³/mol. The first kappa shape index (κ1) is 10.3. The first-order valence-corrected chi connectivity index (χ1v) is 4.83. The molecule has 0 fully saturated rings. The standard InChI is InChI=1S/C9H9IO3/c1-6(9(11)12)13-8-5-3-2-4-7(8)10/h2-6H,1H3,(H,11,12)/t6-/m1/s1. The molecule has 0 aliphatic carbocycles. The van der Waals surface area contributed by atoms with Gasteiger partial charge in [0.25, 0.3) is 0 Å². The van der Waals surface area contributed by atoms with Crippen molar-refractivity contribution in [2.75, 3.05) is 0 Å². The van der Waals surface area contributed by atoms with Gasteiger partial charge in [0, 0.05) is 0 Å². The maximum Gasteiger partial charge on any atom is 0.344 e. The molecule has 70 valence electrons. The van der Waals surface area contributed by atoms with Crippen LogP contribution in [-0.2, 0) is 4.79 Å². The van der Waals surface area contributed by atoms with E-state index in [-0.39, 0.29) is 0 Å². The van der Waals surface area contributed by atoms with E-state index in [0.717, 1.165) is 3.57 Å². The van der Waals surface area contributed by atoms with Gasteiger partial charge in [-0.2, -0.15) is 0 Å². The van der Waals surface area contributed by atoms with Gasteiger partial charge in [-0.05, 0) is 41.6 Å². The lowest BCUT2D eigenvalue weighted by Gasteiger charge is -2.11. The van der Waals surface area contributed by atoms with Crippen LogP contribution in [0.3, 0.4) is 0 Å². The molecule has 4 heteroatoms. The Hall–Kier alpha value is -0.780. The molecule has 0 aliphatic rings. The van der Waals surface area contributed by atoms with Crippen LogP contribution in [0.5, 0.6) is 5.75 Å². The van der Waals surface area contributed by atoms with Gasteiger partial charge in [0.1, 0.15) is 5.75 Å². The minimum absolute atomic E-state index is 0.609. The number of hydrogen-bond acceptors (Lipinski definition) is 2. The van der Waals surface area contributed by atoms with E-state index < -0.39 is 12.1 Å². The SMILES string of the molecule is C[C@@H](Oc1ccccc1I)C(=O)O. The zero-order chi connectivity index (χ0) is 9.84. The molecule has 1 atom stereocenters. The lowest BCUT2D eigenvalue weighted by Crippen LogP contribution is -2.23. The number of carboxylic acids is 1. The molecule has 0 saturated carbocycles. The van der Waals surface area contributed by atoms with E-state index in [1.165, 1.54) is 6.92 Å². The van der Waals surface area contributed by atoms with Crippen molar-refractivity contribution >= 4 is 28.6 Å². The molecule has 0 saturated heterocycles. The summed E-state index contributed by atoms with van der Waals surface area (Å²) < 4.78 is 6.11. The fourth-order valence-corrected chi connectivity index (χ4v) is 1.30. The Kier molecular flexibility index (Phi) is 3.53. The third-order valence-corrected chi connectivity index (χ3v) is 2.38. The second-order valence-corrected chi connectivity index (χ2v) is 3.69. The molecule has 0 radical (unpaired) electrons. The Balaban J connectivity index is 2.74. The van der Waals surface area contributed by atoms with Gasteiger partial charge < -0.3 is 9.84 Å². The fourth-order valence-electron chi connectivity index (χ4n) is 0.781. The van der Waals surface area contributed by atoms with Gasteiger partial charge in [0.2, 0.25) is 0 Å². The van der Waals surface area contributed by atoms with Crippen LogP contribution in [0.1, 0.15) is 6.92 Å². The first-order chi connectivity index (χ1) is 6.11. The first-order valence-electron chi connectivity index (χ1n) is 3.75. The summed E-state index contributed by atoms with van der Waals surface area (Å²) in [6, 6.07) is 7.30. The third kappa shape index (κ3) is 2.87. The largest absolute Gasteiger partial charge is 0.479 e. The lowest BCUT2D eigenvalue weighted by atomic mass is 10.3. The fraction of sp³-hybridized carbons (Fsp3) is 0.222. The van der Waals surface area contributed by atoms with Crippen LogP contribution in [0.15, 0.2) is 24.3 Å². The summed E-state index contributed by atoms with van der Waals surface area (Å²) in [5.41, 5.74) is 0. The van der Waals surface area contributed by atoms with Crippen LogP contribution >= 0.6 is 22.6 Å². The average Bonchev–Trinajstić information content (AvgIpc) is 2.08. The normalized spacial score (nSPS) is 12.2. The van der Waals surface area contributed by atoms with Gasteiger partial charge in [-0.3, -0.25) is 0 Å². The minimum atomic E-state index is -0.959. The Bertz CT molecular complexity index is 311. The number of carbonyl (C=O) groups is 1. The van der Waals surface area contributed by atoms with Crippen LogP contribution in [0.2, 0.25) is 0 Å². The predicted octanol–water partition coefficient (Wildman–Crippen LogP) is 2.14. The molecule has 3 nitrogen and oxygen atoms in total. The Morgan fingerprint density at radius 3 is 2.69 bits per heavy atom. The second-order valence-electron chi connectivity index (χ2n) is 2.53. The number of rotatable bonds is 3. The molecule has 0 bridgehead atoms. The van der Waals surface area contributed by atoms with Crippen molar-refractivity contribution in [3.8, 4) is 5.75 Å². The van der Waals surface area contributed by atoms with E-state index in [0.29, 0.717) is 5.75 Å². The quantitative estimate of drug-likeness (QED) is 0.868. The molecule has 0 aliphatic heterocycles. The molecule has 13 heavy (non-hydrogen) atoms. The topological polar surface area (TPSA) is 46.5 Å². The highest BCUT2D eigenvalue weighted by molar-refractivity contribution is 14.1. The number of para-hydroxylation sites is 1. The van der Waals surface area contributed by atoms with E-state index in [2.05, 4.69) is 22.6 Å². The summed E-state index contributed by atoms with van der Waals surface area (Å²) in [5.74, 6) is -0.349. The molecule has 0 aromatic heterocycles. The molecule has 1 N–H and O–H groups in total. The zero-order valence-corrected chi connectivity index (χ0v) is 9.19. The van der Waals surface area contributed by atoms with Crippen molar-refractivity contribution < 1.29 is 14.6 Å². The van der Waals surface area contributed by atoms with Crippen LogP contribution < -0.4 is 4.74 Å². The average molecular weight is 292 g/mol. The maximum absolute atomic E-state index is 10.5. The Labute approximate surface area is 89.9 Å². The van der Waals surface area contributed by atoms with Crippen molar-refractivity contribution in [1.29, 1.82) is 0 Å². The molecule has 0 spiro atoms. The molecular formula is C9H9IO3. The molecule has 0 unspecified atom stereocenters. The van der Waals surface area contributed by atoms with E-state index in [1.807, 2.05) is 18.2 Å². The van der Waals surface area contributed by atoms with Crippen LogP contribution in [0.4, 0.5) is 0 Å². The van der Waals surface area contributed by atoms with Gasteiger partial charge in [-0.1, -0.05) is 12.1 Å². The highest BCUT2D eigenvalue weighted by Gasteiger charge is 2.13. The zero-order valence-electron chi connectivity index (χ0n) is 7.03. The van der Waals surface area contributed by atoms with Crippen LogP contribution in [0.25, 0.3) is 0 Å². The number of carboxylic acid groups (broad SMARTS) is 1. The third-order valence-electron chi connectivity index (χ3n) is 1.49.